The molecule has 0 spiro atoms. The first-order chi connectivity index (χ1) is 8.24. The quantitative estimate of drug-likeness (QED) is 0.888. The molecule has 2 N–H and O–H groups in total. The molecule has 0 bridgehead atoms. The summed E-state index contributed by atoms with van der Waals surface area (Å²) in [5.74, 6) is 0.693. The van der Waals surface area contributed by atoms with Gasteiger partial charge in [0.15, 0.2) is 0 Å². The van der Waals surface area contributed by atoms with E-state index < -0.39 is 5.54 Å². The fourth-order valence-electron chi connectivity index (χ4n) is 2.22. The molecule has 17 heavy (non-hydrogen) atoms. The van der Waals surface area contributed by atoms with Gasteiger partial charge in [-0.05, 0) is 18.4 Å². The fraction of sp³-hybridized carbons (Fsp3) is 0.500. The molecule has 2 nitrogen and oxygen atoms in total. The zero-order valence-electron chi connectivity index (χ0n) is 9.93. The highest BCUT2D eigenvalue weighted by atomic mass is 32.2. The number of nitrogens with two attached hydrogens (primary N) is 1. The third kappa shape index (κ3) is 3.02. The summed E-state index contributed by atoms with van der Waals surface area (Å²) in [7, 11) is 0. The second-order valence-electron chi connectivity index (χ2n) is 4.67. The lowest BCUT2D eigenvalue weighted by Gasteiger charge is -2.23. The Morgan fingerprint density at radius 2 is 1.94 bits per heavy atom. The van der Waals surface area contributed by atoms with E-state index in [1.54, 1.807) is 0 Å². The van der Waals surface area contributed by atoms with Gasteiger partial charge in [0, 0.05) is 11.0 Å². The van der Waals surface area contributed by atoms with Crippen LogP contribution in [0.5, 0.6) is 0 Å². The first kappa shape index (κ1) is 12.5. The van der Waals surface area contributed by atoms with Crippen molar-refractivity contribution in [2.75, 3.05) is 5.75 Å². The van der Waals surface area contributed by atoms with E-state index in [2.05, 4.69) is 6.07 Å². The zero-order valence-corrected chi connectivity index (χ0v) is 10.7. The Morgan fingerprint density at radius 1 is 1.29 bits per heavy atom. The maximum Gasteiger partial charge on any atom is 0.138 e. The Balaban J connectivity index is 2.02. The lowest BCUT2D eigenvalue weighted by Crippen LogP contribution is -2.38. The largest absolute Gasteiger partial charge is 0.309 e. The highest BCUT2D eigenvalue weighted by molar-refractivity contribution is 8.00. The van der Waals surface area contributed by atoms with E-state index in [9.17, 15) is 5.26 Å². The number of rotatable bonds is 4. The van der Waals surface area contributed by atoms with E-state index in [1.165, 1.54) is 25.7 Å². The van der Waals surface area contributed by atoms with Crippen LogP contribution in [0.15, 0.2) is 30.3 Å². The van der Waals surface area contributed by atoms with Crippen LogP contribution in [0, 0.1) is 11.3 Å². The summed E-state index contributed by atoms with van der Waals surface area (Å²) >= 11 is 1.86. The van der Waals surface area contributed by atoms with Gasteiger partial charge in [-0.25, -0.2) is 0 Å². The summed E-state index contributed by atoms with van der Waals surface area (Å²) in [4.78, 5) is 0. The molecule has 0 radical (unpaired) electrons. The second-order valence-corrected chi connectivity index (χ2v) is 5.96. The van der Waals surface area contributed by atoms with Crippen LogP contribution in [0.3, 0.4) is 0 Å². The van der Waals surface area contributed by atoms with Crippen LogP contribution in [-0.4, -0.2) is 11.0 Å². The molecular weight excluding hydrogens is 228 g/mol. The lowest BCUT2D eigenvalue weighted by molar-refractivity contribution is 0.656. The number of hydrogen-bond donors (Lipinski definition) is 1. The molecule has 1 aliphatic rings. The van der Waals surface area contributed by atoms with Crippen molar-refractivity contribution in [2.24, 2.45) is 5.73 Å². The molecule has 1 aromatic rings. The molecular formula is C14H18N2S. The van der Waals surface area contributed by atoms with E-state index in [0.717, 1.165) is 5.56 Å². The van der Waals surface area contributed by atoms with Gasteiger partial charge in [0.2, 0.25) is 0 Å². The van der Waals surface area contributed by atoms with Gasteiger partial charge >= 0.3 is 0 Å². The molecule has 90 valence electrons. The SMILES string of the molecule is N#CC(N)(CSC1CCCC1)c1ccccc1. The second kappa shape index (κ2) is 5.57. The molecule has 0 saturated heterocycles. The molecule has 0 aromatic heterocycles. The van der Waals surface area contributed by atoms with Gasteiger partial charge in [-0.1, -0.05) is 43.2 Å². The maximum atomic E-state index is 9.32. The smallest absolute Gasteiger partial charge is 0.138 e. The topological polar surface area (TPSA) is 49.8 Å². The van der Waals surface area contributed by atoms with Gasteiger partial charge in [0.05, 0.1) is 6.07 Å². The third-order valence-corrected chi connectivity index (χ3v) is 4.90. The number of thioether (sulfide) groups is 1. The van der Waals surface area contributed by atoms with Crippen molar-refractivity contribution >= 4 is 11.8 Å². The normalized spacial score (nSPS) is 19.8. The van der Waals surface area contributed by atoms with Gasteiger partial charge in [0.1, 0.15) is 5.54 Å². The molecule has 0 heterocycles. The summed E-state index contributed by atoms with van der Waals surface area (Å²) in [6.45, 7) is 0. The van der Waals surface area contributed by atoms with Crippen molar-refractivity contribution in [3.05, 3.63) is 35.9 Å². The Morgan fingerprint density at radius 3 is 2.53 bits per heavy atom. The monoisotopic (exact) mass is 246 g/mol. The van der Waals surface area contributed by atoms with Crippen molar-refractivity contribution in [3.63, 3.8) is 0 Å². The molecule has 2 rings (SSSR count). The molecule has 1 saturated carbocycles. The van der Waals surface area contributed by atoms with Crippen LogP contribution >= 0.6 is 11.8 Å². The minimum Gasteiger partial charge on any atom is -0.309 e. The average molecular weight is 246 g/mol. The van der Waals surface area contributed by atoms with E-state index in [1.807, 2.05) is 42.1 Å². The highest BCUT2D eigenvalue weighted by Gasteiger charge is 2.29. The van der Waals surface area contributed by atoms with Crippen LogP contribution in [0.2, 0.25) is 0 Å². The molecule has 1 fully saturated rings. The fourth-order valence-corrected chi connectivity index (χ4v) is 3.62. The minimum atomic E-state index is -0.839. The van der Waals surface area contributed by atoms with Gasteiger partial charge < -0.3 is 5.73 Å². The summed E-state index contributed by atoms with van der Waals surface area (Å²) in [6, 6.07) is 12.0. The first-order valence-corrected chi connectivity index (χ1v) is 7.17. The van der Waals surface area contributed by atoms with Crippen LogP contribution in [0.1, 0.15) is 31.2 Å². The van der Waals surface area contributed by atoms with Crippen molar-refractivity contribution in [2.45, 2.75) is 36.5 Å². The molecule has 0 amide bonds. The van der Waals surface area contributed by atoms with E-state index >= 15 is 0 Å². The van der Waals surface area contributed by atoms with Crippen molar-refractivity contribution < 1.29 is 0 Å². The molecule has 1 atom stereocenters. The van der Waals surface area contributed by atoms with Crippen molar-refractivity contribution in [3.8, 4) is 6.07 Å². The molecule has 1 aromatic carbocycles. The minimum absolute atomic E-state index is 0.693. The van der Waals surface area contributed by atoms with Gasteiger partial charge in [-0.3, -0.25) is 0 Å². The summed E-state index contributed by atoms with van der Waals surface area (Å²) < 4.78 is 0. The molecule has 1 aliphatic carbocycles. The highest BCUT2D eigenvalue weighted by Crippen LogP contribution is 2.33. The van der Waals surface area contributed by atoms with Crippen LogP contribution < -0.4 is 5.73 Å². The predicted octanol–water partition coefficient (Wildman–Crippen LogP) is 3.04. The lowest BCUT2D eigenvalue weighted by atomic mass is 9.95. The van der Waals surface area contributed by atoms with Gasteiger partial charge in [-0.15, -0.1) is 0 Å². The summed E-state index contributed by atoms with van der Waals surface area (Å²) in [5.41, 5.74) is 6.30. The van der Waals surface area contributed by atoms with E-state index in [4.69, 9.17) is 5.73 Å². The Hall–Kier alpha value is -0.980. The Kier molecular flexibility index (Phi) is 4.09. The van der Waals surface area contributed by atoms with E-state index in [-0.39, 0.29) is 0 Å². The first-order valence-electron chi connectivity index (χ1n) is 6.12. The van der Waals surface area contributed by atoms with Crippen LogP contribution in [0.4, 0.5) is 0 Å². The molecule has 0 aliphatic heterocycles. The summed E-state index contributed by atoms with van der Waals surface area (Å²) in [5, 5.41) is 10.0. The van der Waals surface area contributed by atoms with Crippen molar-refractivity contribution in [1.29, 1.82) is 5.26 Å². The maximum absolute atomic E-state index is 9.32. The van der Waals surface area contributed by atoms with Gasteiger partial charge in [0.25, 0.3) is 0 Å². The van der Waals surface area contributed by atoms with Gasteiger partial charge in [-0.2, -0.15) is 17.0 Å². The number of nitrogens with zero attached hydrogens (tertiary/aromatic N) is 1. The number of benzene rings is 1. The Bertz CT molecular complexity index is 392. The predicted molar refractivity (Wildman–Crippen MR) is 72.6 cm³/mol. The third-order valence-electron chi connectivity index (χ3n) is 3.34. The summed E-state index contributed by atoms with van der Waals surface area (Å²) in [6.07, 6.45) is 5.21. The zero-order chi connectivity index (χ0) is 12.1. The average Bonchev–Trinajstić information content (AvgIpc) is 2.90. The number of nitriles is 1. The molecule has 1 unspecified atom stereocenters. The van der Waals surface area contributed by atoms with Crippen LogP contribution in [-0.2, 0) is 5.54 Å². The van der Waals surface area contributed by atoms with Crippen LogP contribution in [0.25, 0.3) is 0 Å². The van der Waals surface area contributed by atoms with E-state index in [0.29, 0.717) is 11.0 Å². The molecule has 3 heteroatoms. The van der Waals surface area contributed by atoms with Crippen molar-refractivity contribution in [1.82, 2.24) is 0 Å². The number of hydrogen-bond acceptors (Lipinski definition) is 3. The standard InChI is InChI=1S/C14H18N2S/c15-10-14(16,12-6-2-1-3-7-12)11-17-13-8-4-5-9-13/h1-3,6-7,13H,4-5,8-9,11,16H2. The Labute approximate surface area is 107 Å².